The number of anilines is 1. The maximum atomic E-state index is 12.2. The monoisotopic (exact) mass is 384 g/mol. The van der Waals surface area contributed by atoms with Gasteiger partial charge in [-0.25, -0.2) is 4.79 Å². The van der Waals surface area contributed by atoms with Crippen LogP contribution >= 0.6 is 0 Å². The number of carbonyl (C=O) groups is 1. The molecule has 0 saturated heterocycles. The van der Waals surface area contributed by atoms with Gasteiger partial charge in [-0.2, -0.15) is 0 Å². The van der Waals surface area contributed by atoms with Crippen molar-refractivity contribution in [3.8, 4) is 11.1 Å². The van der Waals surface area contributed by atoms with Crippen LogP contribution in [0.5, 0.6) is 0 Å². The van der Waals surface area contributed by atoms with E-state index in [1.807, 2.05) is 61.5 Å². The van der Waals surface area contributed by atoms with Crippen LogP contribution in [0.4, 0.5) is 10.5 Å². The Morgan fingerprint density at radius 1 is 1.03 bits per heavy atom. The Morgan fingerprint density at radius 3 is 2.34 bits per heavy atom. The molecule has 3 aromatic rings. The maximum absolute atomic E-state index is 12.2. The molecule has 0 bridgehead atoms. The first-order valence-corrected chi connectivity index (χ1v) is 9.74. The van der Waals surface area contributed by atoms with Crippen molar-refractivity contribution in [2.45, 2.75) is 12.8 Å². The van der Waals surface area contributed by atoms with Gasteiger partial charge in [0.15, 0.2) is 0 Å². The quantitative estimate of drug-likeness (QED) is 0.600. The standard InChI is InChI=1S/C25H24N2O2/c1-17-13-18(15-19(26)14-17)7-6-12-27-25(28)29-16-24-22-10-4-2-8-20(22)21-9-3-5-11-23(21)24/h2-11,13-15,24H,12,16,26H2,1H3,(H,27,28). The fourth-order valence-corrected chi connectivity index (χ4v) is 3.93. The first-order chi connectivity index (χ1) is 14.1. The zero-order chi connectivity index (χ0) is 20.2. The van der Waals surface area contributed by atoms with Gasteiger partial charge in [0.25, 0.3) is 0 Å². The molecule has 3 N–H and O–H groups in total. The number of hydrogen-bond acceptors (Lipinski definition) is 3. The van der Waals surface area contributed by atoms with Crippen LogP contribution in [0.15, 0.2) is 72.8 Å². The second-order valence-corrected chi connectivity index (χ2v) is 7.29. The van der Waals surface area contributed by atoms with Gasteiger partial charge in [-0.15, -0.1) is 0 Å². The number of nitrogens with two attached hydrogens (primary N) is 1. The summed E-state index contributed by atoms with van der Waals surface area (Å²) < 4.78 is 5.53. The van der Waals surface area contributed by atoms with Crippen molar-refractivity contribution in [1.29, 1.82) is 0 Å². The van der Waals surface area contributed by atoms with Gasteiger partial charge in [-0.3, -0.25) is 0 Å². The van der Waals surface area contributed by atoms with Crippen molar-refractivity contribution in [1.82, 2.24) is 5.32 Å². The molecule has 1 aliphatic rings. The lowest BCUT2D eigenvalue weighted by Crippen LogP contribution is -2.26. The molecule has 29 heavy (non-hydrogen) atoms. The Morgan fingerprint density at radius 2 is 1.69 bits per heavy atom. The molecule has 4 heteroatoms. The molecule has 0 saturated carbocycles. The zero-order valence-corrected chi connectivity index (χ0v) is 16.4. The molecular formula is C25H24N2O2. The summed E-state index contributed by atoms with van der Waals surface area (Å²) in [6.07, 6.45) is 3.41. The first-order valence-electron chi connectivity index (χ1n) is 9.74. The minimum atomic E-state index is -0.416. The number of rotatable bonds is 5. The van der Waals surface area contributed by atoms with Crippen molar-refractivity contribution in [3.63, 3.8) is 0 Å². The van der Waals surface area contributed by atoms with E-state index in [9.17, 15) is 4.79 Å². The van der Waals surface area contributed by atoms with Crippen LogP contribution < -0.4 is 11.1 Å². The number of hydrogen-bond donors (Lipinski definition) is 2. The second-order valence-electron chi connectivity index (χ2n) is 7.29. The zero-order valence-electron chi connectivity index (χ0n) is 16.4. The van der Waals surface area contributed by atoms with Gasteiger partial charge in [0.2, 0.25) is 0 Å². The minimum absolute atomic E-state index is 0.0685. The summed E-state index contributed by atoms with van der Waals surface area (Å²) in [6, 6.07) is 22.5. The van der Waals surface area contributed by atoms with Crippen molar-refractivity contribution in [3.05, 3.63) is 95.1 Å². The predicted molar refractivity (Wildman–Crippen MR) is 118 cm³/mol. The van der Waals surface area contributed by atoms with Gasteiger partial charge >= 0.3 is 6.09 Å². The third kappa shape index (κ3) is 4.16. The van der Waals surface area contributed by atoms with Crippen LogP contribution in [-0.4, -0.2) is 19.2 Å². The maximum Gasteiger partial charge on any atom is 0.407 e. The molecule has 1 aliphatic carbocycles. The summed E-state index contributed by atoms with van der Waals surface area (Å²) in [5.41, 5.74) is 13.6. The first kappa shape index (κ1) is 18.8. The van der Waals surface area contributed by atoms with Crippen LogP contribution in [0.25, 0.3) is 17.2 Å². The molecule has 4 rings (SSSR count). The number of aryl methyl sites for hydroxylation is 1. The van der Waals surface area contributed by atoms with Crippen LogP contribution in [0.3, 0.4) is 0 Å². The van der Waals surface area contributed by atoms with E-state index in [2.05, 4.69) is 29.6 Å². The van der Waals surface area contributed by atoms with Gasteiger partial charge in [-0.05, 0) is 52.4 Å². The molecule has 0 unspecified atom stereocenters. The molecule has 0 atom stereocenters. The molecular weight excluding hydrogens is 360 g/mol. The Labute approximate surface area is 171 Å². The highest BCUT2D eigenvalue weighted by Crippen LogP contribution is 2.44. The van der Waals surface area contributed by atoms with E-state index in [0.29, 0.717) is 13.2 Å². The third-order valence-corrected chi connectivity index (χ3v) is 5.14. The molecule has 0 aromatic heterocycles. The normalized spacial score (nSPS) is 12.6. The summed E-state index contributed by atoms with van der Waals surface area (Å²) >= 11 is 0. The molecule has 0 aliphatic heterocycles. The summed E-state index contributed by atoms with van der Waals surface area (Å²) in [5.74, 6) is 0.0685. The molecule has 0 radical (unpaired) electrons. The lowest BCUT2D eigenvalue weighted by molar-refractivity contribution is 0.144. The average Bonchev–Trinajstić information content (AvgIpc) is 3.03. The number of benzene rings is 3. The fraction of sp³-hybridized carbons (Fsp3) is 0.160. The Kier molecular flexibility index (Phi) is 5.34. The Hall–Kier alpha value is -3.53. The highest BCUT2D eigenvalue weighted by molar-refractivity contribution is 5.79. The number of amides is 1. The number of fused-ring (bicyclic) bond motifs is 3. The smallest absolute Gasteiger partial charge is 0.407 e. The van der Waals surface area contributed by atoms with Gasteiger partial charge < -0.3 is 15.8 Å². The van der Waals surface area contributed by atoms with E-state index >= 15 is 0 Å². The average molecular weight is 384 g/mol. The molecule has 0 heterocycles. The number of ether oxygens (including phenoxy) is 1. The fourth-order valence-electron chi connectivity index (χ4n) is 3.93. The van der Waals surface area contributed by atoms with E-state index in [0.717, 1.165) is 16.8 Å². The molecule has 0 spiro atoms. The summed E-state index contributed by atoms with van der Waals surface area (Å²) in [5, 5.41) is 2.77. The van der Waals surface area contributed by atoms with Crippen LogP contribution in [0.1, 0.15) is 28.2 Å². The molecule has 0 fully saturated rings. The van der Waals surface area contributed by atoms with Crippen molar-refractivity contribution in [2.75, 3.05) is 18.9 Å². The van der Waals surface area contributed by atoms with Crippen LogP contribution in [0, 0.1) is 6.92 Å². The Balaban J connectivity index is 1.34. The third-order valence-electron chi connectivity index (χ3n) is 5.14. The minimum Gasteiger partial charge on any atom is -0.449 e. The molecule has 146 valence electrons. The summed E-state index contributed by atoms with van der Waals surface area (Å²) in [6.45, 7) is 2.71. The van der Waals surface area contributed by atoms with E-state index in [4.69, 9.17) is 10.5 Å². The summed E-state index contributed by atoms with van der Waals surface area (Å²) in [7, 11) is 0. The number of nitrogens with one attached hydrogen (secondary N) is 1. The van der Waals surface area contributed by atoms with Gasteiger partial charge in [0.05, 0.1) is 0 Å². The Bertz CT molecular complexity index is 1010. The van der Waals surface area contributed by atoms with E-state index in [1.54, 1.807) is 0 Å². The largest absolute Gasteiger partial charge is 0.449 e. The highest BCUT2D eigenvalue weighted by Gasteiger charge is 2.28. The number of nitrogen functional groups attached to an aromatic ring is 1. The van der Waals surface area contributed by atoms with Gasteiger partial charge in [0, 0.05) is 18.2 Å². The number of carbonyl (C=O) groups excluding carboxylic acids is 1. The summed E-state index contributed by atoms with van der Waals surface area (Å²) in [4.78, 5) is 12.2. The van der Waals surface area contributed by atoms with E-state index < -0.39 is 6.09 Å². The second kappa shape index (κ2) is 8.23. The molecule has 3 aromatic carbocycles. The SMILES string of the molecule is Cc1cc(N)cc(C=CCNC(=O)OCC2c3ccccc3-c3ccccc32)c1. The van der Waals surface area contributed by atoms with Gasteiger partial charge in [-0.1, -0.05) is 66.7 Å². The topological polar surface area (TPSA) is 64.3 Å². The van der Waals surface area contributed by atoms with E-state index in [1.165, 1.54) is 22.3 Å². The van der Waals surface area contributed by atoms with E-state index in [-0.39, 0.29) is 5.92 Å². The molecule has 4 nitrogen and oxygen atoms in total. The van der Waals surface area contributed by atoms with Crippen molar-refractivity contribution >= 4 is 17.9 Å². The van der Waals surface area contributed by atoms with Crippen molar-refractivity contribution in [2.24, 2.45) is 0 Å². The highest BCUT2D eigenvalue weighted by atomic mass is 16.5. The lowest BCUT2D eigenvalue weighted by Gasteiger charge is -2.14. The lowest BCUT2D eigenvalue weighted by atomic mass is 9.98. The van der Waals surface area contributed by atoms with Crippen LogP contribution in [-0.2, 0) is 4.74 Å². The predicted octanol–water partition coefficient (Wildman–Crippen LogP) is 5.13. The number of alkyl carbamates (subject to hydrolysis) is 1. The van der Waals surface area contributed by atoms with Crippen LogP contribution in [0.2, 0.25) is 0 Å². The van der Waals surface area contributed by atoms with Crippen molar-refractivity contribution < 1.29 is 9.53 Å². The van der Waals surface area contributed by atoms with Gasteiger partial charge in [0.1, 0.15) is 6.61 Å². The molecule has 1 amide bonds.